The minimum Gasteiger partial charge on any atom is -0.394 e. The zero-order valence-corrected chi connectivity index (χ0v) is 11.7. The fraction of sp³-hybridized carbons (Fsp3) is 0.643. The van der Waals surface area contributed by atoms with Crippen molar-refractivity contribution in [3.05, 3.63) is 24.0 Å². The first-order chi connectivity index (χ1) is 8.49. The summed E-state index contributed by atoms with van der Waals surface area (Å²) in [7, 11) is 0. The quantitative estimate of drug-likeness (QED) is 0.816. The summed E-state index contributed by atoms with van der Waals surface area (Å²) < 4.78 is 1.93. The van der Waals surface area contributed by atoms with Gasteiger partial charge in [0.2, 0.25) is 0 Å². The maximum atomic E-state index is 12.3. The van der Waals surface area contributed by atoms with E-state index in [9.17, 15) is 9.90 Å². The second-order valence-electron chi connectivity index (χ2n) is 4.99. The van der Waals surface area contributed by atoms with Crippen LogP contribution in [0.4, 0.5) is 0 Å². The zero-order chi connectivity index (χ0) is 13.8. The largest absolute Gasteiger partial charge is 0.394 e. The molecule has 1 amide bonds. The zero-order valence-electron chi connectivity index (χ0n) is 11.7. The molecule has 0 unspecified atom stereocenters. The van der Waals surface area contributed by atoms with E-state index < -0.39 is 5.54 Å². The minimum absolute atomic E-state index is 0.0336. The molecule has 0 spiro atoms. The maximum Gasteiger partial charge on any atom is 0.268 e. The van der Waals surface area contributed by atoms with Crippen molar-refractivity contribution in [3.63, 3.8) is 0 Å². The van der Waals surface area contributed by atoms with Crippen LogP contribution in [-0.4, -0.2) is 27.7 Å². The van der Waals surface area contributed by atoms with Gasteiger partial charge in [-0.2, -0.15) is 0 Å². The van der Waals surface area contributed by atoms with Crippen molar-refractivity contribution < 1.29 is 9.90 Å². The fourth-order valence-corrected chi connectivity index (χ4v) is 2.03. The van der Waals surface area contributed by atoms with E-state index in [0.29, 0.717) is 18.5 Å². The second-order valence-corrected chi connectivity index (χ2v) is 4.99. The molecule has 1 heterocycles. The van der Waals surface area contributed by atoms with E-state index in [1.807, 2.05) is 50.6 Å². The average Bonchev–Trinajstić information content (AvgIpc) is 2.85. The van der Waals surface area contributed by atoms with Crippen LogP contribution < -0.4 is 5.32 Å². The first-order valence-corrected chi connectivity index (χ1v) is 6.60. The van der Waals surface area contributed by atoms with E-state index in [1.54, 1.807) is 0 Å². The van der Waals surface area contributed by atoms with Gasteiger partial charge in [0.15, 0.2) is 0 Å². The van der Waals surface area contributed by atoms with Crippen molar-refractivity contribution in [2.24, 2.45) is 0 Å². The number of hydrogen-bond donors (Lipinski definition) is 2. The van der Waals surface area contributed by atoms with E-state index in [1.165, 1.54) is 0 Å². The third kappa shape index (κ3) is 2.93. The first-order valence-electron chi connectivity index (χ1n) is 6.60. The third-order valence-corrected chi connectivity index (χ3v) is 3.60. The van der Waals surface area contributed by atoms with Crippen molar-refractivity contribution in [3.8, 4) is 0 Å². The van der Waals surface area contributed by atoms with Gasteiger partial charge in [-0.1, -0.05) is 13.8 Å². The Morgan fingerprint density at radius 3 is 2.50 bits per heavy atom. The highest BCUT2D eigenvalue weighted by Gasteiger charge is 2.28. The van der Waals surface area contributed by atoms with Gasteiger partial charge in [-0.15, -0.1) is 0 Å². The van der Waals surface area contributed by atoms with Crippen LogP contribution in [0.25, 0.3) is 0 Å². The summed E-state index contributed by atoms with van der Waals surface area (Å²) in [6, 6.07) is 3.92. The monoisotopic (exact) mass is 252 g/mol. The molecule has 0 aliphatic heterocycles. The van der Waals surface area contributed by atoms with Gasteiger partial charge in [0.25, 0.3) is 5.91 Å². The molecule has 0 fully saturated rings. The second kappa shape index (κ2) is 6.05. The van der Waals surface area contributed by atoms with Crippen LogP contribution in [0.15, 0.2) is 18.3 Å². The third-order valence-electron chi connectivity index (χ3n) is 3.60. The van der Waals surface area contributed by atoms with Gasteiger partial charge >= 0.3 is 0 Å². The van der Waals surface area contributed by atoms with Crippen LogP contribution >= 0.6 is 0 Å². The molecule has 102 valence electrons. The van der Waals surface area contributed by atoms with Gasteiger partial charge in [-0.05, 0) is 38.8 Å². The number of aliphatic hydroxyl groups excluding tert-OH is 1. The summed E-state index contributed by atoms with van der Waals surface area (Å²) in [5, 5.41) is 12.4. The molecule has 0 saturated carbocycles. The summed E-state index contributed by atoms with van der Waals surface area (Å²) in [5.41, 5.74) is 0.133. The van der Waals surface area contributed by atoms with Crippen LogP contribution in [-0.2, 0) is 0 Å². The lowest BCUT2D eigenvalue weighted by Crippen LogP contribution is -2.50. The predicted octanol–water partition coefficient (Wildman–Crippen LogP) is 2.35. The highest BCUT2D eigenvalue weighted by Crippen LogP contribution is 2.17. The van der Waals surface area contributed by atoms with E-state index in [-0.39, 0.29) is 18.6 Å². The van der Waals surface area contributed by atoms with Crippen LogP contribution in [0.5, 0.6) is 0 Å². The molecule has 0 aliphatic rings. The number of nitrogens with zero attached hydrogens (tertiary/aromatic N) is 1. The number of aliphatic hydroxyl groups is 1. The van der Waals surface area contributed by atoms with E-state index in [2.05, 4.69) is 5.32 Å². The van der Waals surface area contributed by atoms with E-state index in [4.69, 9.17) is 0 Å². The maximum absolute atomic E-state index is 12.3. The smallest absolute Gasteiger partial charge is 0.268 e. The van der Waals surface area contributed by atoms with Crippen LogP contribution in [0.1, 0.15) is 57.1 Å². The Balaban J connectivity index is 2.91. The van der Waals surface area contributed by atoms with E-state index in [0.717, 1.165) is 0 Å². The molecular formula is C14H24N2O2. The van der Waals surface area contributed by atoms with Crippen LogP contribution in [0.3, 0.4) is 0 Å². The Hall–Kier alpha value is -1.29. The summed E-state index contributed by atoms with van der Waals surface area (Å²) in [5.74, 6) is -0.119. The number of amides is 1. The Morgan fingerprint density at radius 1 is 1.44 bits per heavy atom. The molecule has 0 radical (unpaired) electrons. The number of carbonyl (C=O) groups is 1. The Labute approximate surface area is 109 Å². The Bertz CT molecular complexity index is 384. The van der Waals surface area contributed by atoms with E-state index >= 15 is 0 Å². The van der Waals surface area contributed by atoms with Gasteiger partial charge in [0, 0.05) is 12.2 Å². The molecule has 4 heteroatoms. The van der Waals surface area contributed by atoms with Crippen molar-refractivity contribution in [2.45, 2.75) is 52.1 Å². The fourth-order valence-electron chi connectivity index (χ4n) is 2.03. The number of rotatable bonds is 6. The van der Waals surface area contributed by atoms with Gasteiger partial charge in [0.05, 0.1) is 12.1 Å². The van der Waals surface area contributed by atoms with Gasteiger partial charge in [-0.3, -0.25) is 4.79 Å². The molecule has 2 N–H and O–H groups in total. The predicted molar refractivity (Wildman–Crippen MR) is 72.7 cm³/mol. The molecule has 1 aromatic heterocycles. The number of carbonyl (C=O) groups excluding carboxylic acids is 1. The molecule has 18 heavy (non-hydrogen) atoms. The number of nitrogens with one attached hydrogen (secondary N) is 1. The lowest BCUT2D eigenvalue weighted by atomic mass is 9.93. The van der Waals surface area contributed by atoms with Gasteiger partial charge in [0.1, 0.15) is 5.69 Å². The molecule has 1 rings (SSSR count). The summed E-state index contributed by atoms with van der Waals surface area (Å²) >= 11 is 0. The molecule has 4 nitrogen and oxygen atoms in total. The molecule has 0 saturated heterocycles. The lowest BCUT2D eigenvalue weighted by Gasteiger charge is -2.31. The number of aromatic nitrogens is 1. The average molecular weight is 252 g/mol. The SMILES string of the molecule is CCC(CC)(CO)NC(=O)c1cccn1C(C)C. The molecule has 0 atom stereocenters. The molecular weight excluding hydrogens is 228 g/mol. The van der Waals surface area contributed by atoms with Crippen molar-refractivity contribution in [1.82, 2.24) is 9.88 Å². The first kappa shape index (κ1) is 14.8. The lowest BCUT2D eigenvalue weighted by molar-refractivity contribution is 0.0807. The summed E-state index contributed by atoms with van der Waals surface area (Å²) in [6.45, 7) is 7.99. The topological polar surface area (TPSA) is 54.3 Å². The van der Waals surface area contributed by atoms with Gasteiger partial charge in [-0.25, -0.2) is 0 Å². The molecule has 0 aliphatic carbocycles. The van der Waals surface area contributed by atoms with Gasteiger partial charge < -0.3 is 15.0 Å². The van der Waals surface area contributed by atoms with Crippen molar-refractivity contribution >= 4 is 5.91 Å². The van der Waals surface area contributed by atoms with Crippen molar-refractivity contribution in [2.75, 3.05) is 6.61 Å². The molecule has 1 aromatic rings. The summed E-state index contributed by atoms with van der Waals surface area (Å²) in [6.07, 6.45) is 3.33. The number of hydrogen-bond acceptors (Lipinski definition) is 2. The summed E-state index contributed by atoms with van der Waals surface area (Å²) in [4.78, 5) is 12.3. The molecule has 0 aromatic carbocycles. The van der Waals surface area contributed by atoms with Crippen LogP contribution in [0.2, 0.25) is 0 Å². The standard InChI is InChI=1S/C14H24N2O2/c1-5-14(6-2,10-17)15-13(18)12-8-7-9-16(12)11(3)4/h7-9,11,17H,5-6,10H2,1-4H3,(H,15,18). The molecule has 0 bridgehead atoms. The van der Waals surface area contributed by atoms with Crippen LogP contribution in [0, 0.1) is 0 Å². The normalized spacial score (nSPS) is 11.9. The Morgan fingerprint density at radius 2 is 2.06 bits per heavy atom. The highest BCUT2D eigenvalue weighted by molar-refractivity contribution is 5.93. The van der Waals surface area contributed by atoms with Crippen molar-refractivity contribution in [1.29, 1.82) is 0 Å². The highest BCUT2D eigenvalue weighted by atomic mass is 16.3. The Kier molecular flexibility index (Phi) is 4.96. The minimum atomic E-state index is -0.511.